The highest BCUT2D eigenvalue weighted by molar-refractivity contribution is 7.89. The van der Waals surface area contributed by atoms with Crippen molar-refractivity contribution in [3.8, 4) is 11.5 Å². The zero-order chi connectivity index (χ0) is 20.4. The Morgan fingerprint density at radius 3 is 2.72 bits per heavy atom. The number of ether oxygens (including phenoxy) is 2. The van der Waals surface area contributed by atoms with Crippen LogP contribution in [-0.4, -0.2) is 46.2 Å². The number of rotatable bonds is 6. The average Bonchev–Trinajstić information content (AvgIpc) is 3.18. The van der Waals surface area contributed by atoms with Gasteiger partial charge in [-0.1, -0.05) is 17.7 Å². The minimum Gasteiger partial charge on any atom is -0.486 e. The van der Waals surface area contributed by atoms with Crippen LogP contribution in [0.15, 0.2) is 41.3 Å². The molecule has 156 valence electrons. The third kappa shape index (κ3) is 4.50. The summed E-state index contributed by atoms with van der Waals surface area (Å²) in [6, 6.07) is 9.57. The Morgan fingerprint density at radius 1 is 1.14 bits per heavy atom. The van der Waals surface area contributed by atoms with Crippen molar-refractivity contribution in [3.05, 3.63) is 52.8 Å². The molecule has 0 radical (unpaired) electrons. The van der Waals surface area contributed by atoms with E-state index in [1.165, 1.54) is 6.07 Å². The number of nitrogens with one attached hydrogen (secondary N) is 1. The van der Waals surface area contributed by atoms with Crippen molar-refractivity contribution in [1.29, 1.82) is 0 Å². The van der Waals surface area contributed by atoms with Crippen molar-refractivity contribution in [1.82, 2.24) is 9.62 Å². The van der Waals surface area contributed by atoms with Crippen molar-refractivity contribution in [2.24, 2.45) is 0 Å². The second-order valence-electron chi connectivity index (χ2n) is 7.07. The summed E-state index contributed by atoms with van der Waals surface area (Å²) in [4.78, 5) is 2.21. The van der Waals surface area contributed by atoms with Gasteiger partial charge in [-0.05, 0) is 55.3 Å². The van der Waals surface area contributed by atoms with Gasteiger partial charge in [0.2, 0.25) is 10.0 Å². The molecule has 1 atom stereocenters. The summed E-state index contributed by atoms with van der Waals surface area (Å²) in [5.74, 6) is 0.870. The summed E-state index contributed by atoms with van der Waals surface area (Å²) in [7, 11) is -3.75. The molecule has 0 spiro atoms. The molecule has 2 aliphatic rings. The Labute approximate surface area is 174 Å². The van der Waals surface area contributed by atoms with Crippen molar-refractivity contribution in [2.45, 2.75) is 23.8 Å². The van der Waals surface area contributed by atoms with Crippen LogP contribution in [0.1, 0.15) is 24.4 Å². The number of fused-ring (bicyclic) bond motifs is 1. The van der Waals surface area contributed by atoms with E-state index in [2.05, 4.69) is 9.62 Å². The molecule has 2 aromatic carbocycles. The largest absolute Gasteiger partial charge is 0.486 e. The molecule has 0 saturated carbocycles. The zero-order valence-corrected chi connectivity index (χ0v) is 17.3. The van der Waals surface area contributed by atoms with E-state index in [0.29, 0.717) is 19.8 Å². The van der Waals surface area contributed by atoms with Gasteiger partial charge in [0.05, 0.1) is 9.92 Å². The van der Waals surface area contributed by atoms with Gasteiger partial charge < -0.3 is 9.47 Å². The Balaban J connectivity index is 1.39. The van der Waals surface area contributed by atoms with Gasteiger partial charge in [0.1, 0.15) is 19.0 Å². The van der Waals surface area contributed by atoms with Gasteiger partial charge >= 0.3 is 0 Å². The first-order chi connectivity index (χ1) is 13.9. The van der Waals surface area contributed by atoms with E-state index in [1.807, 2.05) is 18.2 Å². The number of sulfonamides is 1. The molecule has 9 heteroatoms. The summed E-state index contributed by atoms with van der Waals surface area (Å²) < 4.78 is 52.0. The SMILES string of the molecule is O=S(=O)(NCCN1CCCC1c1ccc2c(c1)OCCO2)c1ccc(F)c(Cl)c1. The lowest BCUT2D eigenvalue weighted by atomic mass is 10.0. The normalized spacial score (nSPS) is 19.4. The van der Waals surface area contributed by atoms with Crippen molar-refractivity contribution in [2.75, 3.05) is 32.8 Å². The lowest BCUT2D eigenvalue weighted by Gasteiger charge is -2.26. The molecule has 1 saturated heterocycles. The summed E-state index contributed by atoms with van der Waals surface area (Å²) in [5.41, 5.74) is 1.14. The highest BCUT2D eigenvalue weighted by Crippen LogP contribution is 2.37. The average molecular weight is 441 g/mol. The number of nitrogens with zero attached hydrogens (tertiary/aromatic N) is 1. The smallest absolute Gasteiger partial charge is 0.240 e. The lowest BCUT2D eigenvalue weighted by molar-refractivity contribution is 0.170. The van der Waals surface area contributed by atoms with Gasteiger partial charge in [0, 0.05) is 19.1 Å². The second kappa shape index (κ2) is 8.47. The van der Waals surface area contributed by atoms with Gasteiger partial charge in [-0.2, -0.15) is 0 Å². The van der Waals surface area contributed by atoms with Crippen LogP contribution in [0.3, 0.4) is 0 Å². The first-order valence-corrected chi connectivity index (χ1v) is 11.4. The Morgan fingerprint density at radius 2 is 1.93 bits per heavy atom. The number of likely N-dealkylation sites (tertiary alicyclic amines) is 1. The van der Waals surface area contributed by atoms with Crippen LogP contribution >= 0.6 is 11.6 Å². The second-order valence-corrected chi connectivity index (χ2v) is 9.24. The van der Waals surface area contributed by atoms with Crippen molar-refractivity contribution < 1.29 is 22.3 Å². The highest BCUT2D eigenvalue weighted by atomic mass is 35.5. The number of hydrogen-bond acceptors (Lipinski definition) is 5. The third-order valence-corrected chi connectivity index (χ3v) is 6.96. The predicted octanol–water partition coefficient (Wildman–Crippen LogP) is 3.37. The molecular weight excluding hydrogens is 419 g/mol. The van der Waals surface area contributed by atoms with E-state index in [1.54, 1.807) is 0 Å². The molecule has 29 heavy (non-hydrogen) atoms. The topological polar surface area (TPSA) is 67.9 Å². The van der Waals surface area contributed by atoms with Crippen LogP contribution in [-0.2, 0) is 10.0 Å². The van der Waals surface area contributed by atoms with Crippen LogP contribution < -0.4 is 14.2 Å². The molecule has 0 amide bonds. The number of halogens is 2. The van der Waals surface area contributed by atoms with Crippen LogP contribution in [0, 0.1) is 5.82 Å². The minimum absolute atomic E-state index is 0.0475. The van der Waals surface area contributed by atoms with Gasteiger partial charge in [0.25, 0.3) is 0 Å². The van der Waals surface area contributed by atoms with Crippen LogP contribution in [0.25, 0.3) is 0 Å². The first-order valence-electron chi connectivity index (χ1n) is 9.52. The maximum atomic E-state index is 13.3. The van der Waals surface area contributed by atoms with Crippen molar-refractivity contribution in [3.63, 3.8) is 0 Å². The van der Waals surface area contributed by atoms with Gasteiger partial charge in [-0.15, -0.1) is 0 Å². The van der Waals surface area contributed by atoms with E-state index in [9.17, 15) is 12.8 Å². The first kappa shape index (κ1) is 20.4. The maximum absolute atomic E-state index is 13.3. The van der Waals surface area contributed by atoms with E-state index in [-0.39, 0.29) is 22.5 Å². The molecular formula is C20H22ClFN2O4S. The molecule has 2 aliphatic heterocycles. The van der Waals surface area contributed by atoms with E-state index < -0.39 is 15.8 Å². The highest BCUT2D eigenvalue weighted by Gasteiger charge is 2.27. The molecule has 1 unspecified atom stereocenters. The fourth-order valence-corrected chi connectivity index (χ4v) is 5.08. The molecule has 2 aromatic rings. The fourth-order valence-electron chi connectivity index (χ4n) is 3.79. The van der Waals surface area contributed by atoms with Crippen molar-refractivity contribution >= 4 is 21.6 Å². The van der Waals surface area contributed by atoms with E-state index in [0.717, 1.165) is 48.6 Å². The molecule has 1 N–H and O–H groups in total. The number of benzene rings is 2. The van der Waals surface area contributed by atoms with E-state index in [4.69, 9.17) is 21.1 Å². The lowest BCUT2D eigenvalue weighted by Crippen LogP contribution is -2.34. The molecule has 2 heterocycles. The maximum Gasteiger partial charge on any atom is 0.240 e. The van der Waals surface area contributed by atoms with Crippen LogP contribution in [0.2, 0.25) is 5.02 Å². The minimum atomic E-state index is -3.75. The third-order valence-electron chi connectivity index (χ3n) is 5.21. The van der Waals surface area contributed by atoms with Gasteiger partial charge in [-0.25, -0.2) is 17.5 Å². The quantitative estimate of drug-likeness (QED) is 0.746. The molecule has 0 bridgehead atoms. The fraction of sp³-hybridized carbons (Fsp3) is 0.400. The standard InChI is InChI=1S/C20H22ClFN2O4S/c21-16-13-15(4-5-17(16)22)29(25,26)23-7-9-24-8-1-2-18(24)14-3-6-19-20(12-14)28-11-10-27-19/h3-6,12-13,18,23H,1-2,7-11H2. The van der Waals surface area contributed by atoms with Gasteiger partial charge in [0.15, 0.2) is 11.5 Å². The monoisotopic (exact) mass is 440 g/mol. The summed E-state index contributed by atoms with van der Waals surface area (Å²) in [5, 5.41) is -0.217. The summed E-state index contributed by atoms with van der Waals surface area (Å²) in [6.07, 6.45) is 2.04. The molecule has 0 aliphatic carbocycles. The van der Waals surface area contributed by atoms with Crippen LogP contribution in [0.5, 0.6) is 11.5 Å². The summed E-state index contributed by atoms with van der Waals surface area (Å²) >= 11 is 5.70. The Hall–Kier alpha value is -1.87. The predicted molar refractivity (Wildman–Crippen MR) is 108 cm³/mol. The number of hydrogen-bond donors (Lipinski definition) is 1. The summed E-state index contributed by atoms with van der Waals surface area (Å²) in [6.45, 7) is 2.80. The van der Waals surface area contributed by atoms with Crippen LogP contribution in [0.4, 0.5) is 4.39 Å². The Kier molecular flexibility index (Phi) is 5.96. The molecule has 4 rings (SSSR count). The van der Waals surface area contributed by atoms with E-state index >= 15 is 0 Å². The molecule has 0 aromatic heterocycles. The van der Waals surface area contributed by atoms with Gasteiger partial charge in [-0.3, -0.25) is 4.90 Å². The molecule has 6 nitrogen and oxygen atoms in total. The zero-order valence-electron chi connectivity index (χ0n) is 15.7. The Bertz CT molecular complexity index is 1000. The molecule has 1 fully saturated rings.